The first-order chi connectivity index (χ1) is 13.2. The van der Waals surface area contributed by atoms with Crippen molar-refractivity contribution in [1.82, 2.24) is 0 Å². The second-order valence-electron chi connectivity index (χ2n) is 7.09. The third kappa shape index (κ3) is 4.53. The van der Waals surface area contributed by atoms with Gasteiger partial charge < -0.3 is 18.9 Å². The van der Waals surface area contributed by atoms with E-state index in [0.29, 0.717) is 18.6 Å². The average molecular weight is 502 g/mol. The minimum atomic E-state index is -1.12. The Hall–Kier alpha value is -1.97. The van der Waals surface area contributed by atoms with Crippen molar-refractivity contribution < 1.29 is 33.3 Å². The third-order valence-corrected chi connectivity index (χ3v) is 7.20. The van der Waals surface area contributed by atoms with Crippen molar-refractivity contribution in [3.05, 3.63) is 27.8 Å². The number of ether oxygens (including phenoxy) is 4. The number of halogens is 1. The Bertz CT molecular complexity index is 782. The van der Waals surface area contributed by atoms with E-state index in [2.05, 4.69) is 0 Å². The predicted molar refractivity (Wildman–Crippen MR) is 109 cm³/mol. The predicted octanol–water partition coefficient (Wildman–Crippen LogP) is 3.09. The van der Waals surface area contributed by atoms with Crippen molar-refractivity contribution in [3.63, 3.8) is 0 Å². The van der Waals surface area contributed by atoms with Crippen LogP contribution in [-0.4, -0.2) is 39.4 Å². The third-order valence-electron chi connectivity index (χ3n) is 4.44. The van der Waals surface area contributed by atoms with E-state index in [9.17, 15) is 14.4 Å². The lowest BCUT2D eigenvalue weighted by atomic mass is 10.1. The first-order valence-electron chi connectivity index (χ1n) is 9.19. The molecule has 1 aromatic carbocycles. The highest BCUT2D eigenvalue weighted by atomic mass is 127. The van der Waals surface area contributed by atoms with Gasteiger partial charge in [0.15, 0.2) is 9.11 Å². The van der Waals surface area contributed by atoms with Gasteiger partial charge in [-0.3, -0.25) is 0 Å². The number of esters is 3. The summed E-state index contributed by atoms with van der Waals surface area (Å²) in [5, 5.41) is 0. The maximum atomic E-state index is 12.4. The molecule has 0 bridgehead atoms. The van der Waals surface area contributed by atoms with Crippen LogP contribution in [0.1, 0.15) is 46.5 Å². The molecule has 2 aliphatic rings. The van der Waals surface area contributed by atoms with Gasteiger partial charge in [0.1, 0.15) is 5.75 Å². The summed E-state index contributed by atoms with van der Waals surface area (Å²) >= 11 is -1.05. The van der Waals surface area contributed by atoms with Gasteiger partial charge in [-0.2, -0.15) is 0 Å². The van der Waals surface area contributed by atoms with Gasteiger partial charge in [-0.25, -0.2) is 14.4 Å². The molecule has 2 fully saturated rings. The quantitative estimate of drug-likeness (QED) is 0.452. The van der Waals surface area contributed by atoms with Crippen LogP contribution < -0.4 is 4.74 Å². The summed E-state index contributed by atoms with van der Waals surface area (Å²) in [5.74, 6) is -2.12. The monoisotopic (exact) mass is 502 g/mol. The van der Waals surface area contributed by atoms with E-state index in [1.165, 1.54) is 0 Å². The van der Waals surface area contributed by atoms with E-state index in [-0.39, 0.29) is 10.1 Å². The molecule has 1 saturated carbocycles. The second kappa shape index (κ2) is 8.18. The van der Waals surface area contributed by atoms with E-state index in [1.54, 1.807) is 45.0 Å². The van der Waals surface area contributed by atoms with Gasteiger partial charge in [0.05, 0.1) is 6.61 Å². The van der Waals surface area contributed by atoms with E-state index >= 15 is 0 Å². The van der Waals surface area contributed by atoms with Crippen molar-refractivity contribution in [2.75, 3.05) is 6.61 Å². The van der Waals surface area contributed by atoms with Crippen molar-refractivity contribution in [1.29, 1.82) is 0 Å². The molecule has 1 aliphatic carbocycles. The zero-order valence-electron chi connectivity index (χ0n) is 16.1. The van der Waals surface area contributed by atoms with Crippen LogP contribution in [0.2, 0.25) is 0 Å². The molecule has 28 heavy (non-hydrogen) atoms. The second-order valence-corrected chi connectivity index (χ2v) is 9.96. The average Bonchev–Trinajstić information content (AvgIpc) is 3.07. The van der Waals surface area contributed by atoms with Crippen LogP contribution in [0.25, 0.3) is 0 Å². The Morgan fingerprint density at radius 1 is 1.11 bits per heavy atom. The highest BCUT2D eigenvalue weighted by molar-refractivity contribution is 14.2. The molecule has 1 spiro atoms. The number of hydrogen-bond acceptors (Lipinski definition) is 7. The summed E-state index contributed by atoms with van der Waals surface area (Å²) in [6, 6.07) is 6.96. The number of rotatable bonds is 5. The smallest absolute Gasteiger partial charge is 0.354 e. The van der Waals surface area contributed by atoms with E-state index in [1.807, 2.05) is 0 Å². The molecule has 0 unspecified atom stereocenters. The van der Waals surface area contributed by atoms with Crippen LogP contribution in [0.15, 0.2) is 24.3 Å². The molecule has 0 atom stereocenters. The normalized spacial score (nSPS) is 18.6. The summed E-state index contributed by atoms with van der Waals surface area (Å²) < 4.78 is 22.6. The van der Waals surface area contributed by atoms with Crippen LogP contribution in [0.5, 0.6) is 5.75 Å². The Labute approximate surface area is 173 Å². The number of carbonyl (C=O) groups is 3. The lowest BCUT2D eigenvalue weighted by molar-refractivity contribution is -0.224. The Morgan fingerprint density at radius 3 is 2.21 bits per heavy atom. The molecule has 1 aliphatic heterocycles. The molecular formula is C20H23IO7. The van der Waals surface area contributed by atoms with Crippen LogP contribution in [0.3, 0.4) is 0 Å². The molecule has 7 nitrogen and oxygen atoms in total. The van der Waals surface area contributed by atoms with E-state index in [4.69, 9.17) is 18.9 Å². The van der Waals surface area contributed by atoms with Gasteiger partial charge in [0.2, 0.25) is 0 Å². The zero-order valence-corrected chi connectivity index (χ0v) is 18.2. The number of benzene rings is 1. The lowest BCUT2D eigenvalue weighted by Crippen LogP contribution is -2.48. The van der Waals surface area contributed by atoms with Gasteiger partial charge in [0, 0.05) is 16.4 Å². The lowest BCUT2D eigenvalue weighted by Gasteiger charge is -2.32. The van der Waals surface area contributed by atoms with Crippen molar-refractivity contribution in [3.8, 4) is 5.75 Å². The van der Waals surface area contributed by atoms with Gasteiger partial charge in [-0.15, -0.1) is 0 Å². The summed E-state index contributed by atoms with van der Waals surface area (Å²) in [7, 11) is 0. The fourth-order valence-electron chi connectivity index (χ4n) is 3.04. The maximum absolute atomic E-state index is 12.4. The molecule has 1 saturated heterocycles. The Balaban J connectivity index is 1.71. The minimum absolute atomic E-state index is 0.0943. The van der Waals surface area contributed by atoms with Gasteiger partial charge in [-0.05, 0) is 57.9 Å². The van der Waals surface area contributed by atoms with Gasteiger partial charge >= 0.3 is 17.9 Å². The summed E-state index contributed by atoms with van der Waals surface area (Å²) in [5.41, 5.74) is -1.12. The number of hydrogen-bond donors (Lipinski definition) is 0. The van der Waals surface area contributed by atoms with Crippen molar-refractivity contribution in [2.45, 2.75) is 57.8 Å². The Kier molecular flexibility index (Phi) is 6.07. The topological polar surface area (TPSA) is 88.1 Å². The SMILES string of the molecule is CCOC(=O)C(C)(C)Oc1ccc(I=C2C(=O)OC3(CCCC3)OC2=O)cc1. The van der Waals surface area contributed by atoms with Crippen molar-refractivity contribution >= 4 is 42.1 Å². The van der Waals surface area contributed by atoms with E-state index < -0.39 is 50.0 Å². The highest BCUT2D eigenvalue weighted by Crippen LogP contribution is 2.38. The molecule has 1 aromatic rings. The summed E-state index contributed by atoms with van der Waals surface area (Å²) in [6.07, 6.45) is 2.90. The van der Waals surface area contributed by atoms with Gasteiger partial charge in [-0.1, -0.05) is 20.7 Å². The zero-order chi connectivity index (χ0) is 20.4. The maximum Gasteiger partial charge on any atom is 0.354 e. The first-order valence-corrected chi connectivity index (χ1v) is 11.4. The molecule has 1 heterocycles. The molecular weight excluding hydrogens is 479 g/mol. The molecule has 0 aromatic heterocycles. The van der Waals surface area contributed by atoms with E-state index in [0.717, 1.165) is 16.4 Å². The van der Waals surface area contributed by atoms with Crippen LogP contribution in [0, 0.1) is 3.57 Å². The molecule has 0 N–H and O–H groups in total. The summed E-state index contributed by atoms with van der Waals surface area (Å²) in [6.45, 7) is 5.28. The fourth-order valence-corrected chi connectivity index (χ4v) is 5.05. The molecule has 0 amide bonds. The van der Waals surface area contributed by atoms with Crippen LogP contribution in [-0.2, 0) is 28.6 Å². The van der Waals surface area contributed by atoms with Gasteiger partial charge in [0.25, 0.3) is 5.79 Å². The van der Waals surface area contributed by atoms with Crippen LogP contribution in [0.4, 0.5) is 0 Å². The molecule has 8 heteroatoms. The largest absolute Gasteiger partial charge is 0.476 e. The minimum Gasteiger partial charge on any atom is -0.476 e. The standard InChI is InChI=1S/C20H23IO7/c1-4-25-18(24)19(2,3)26-14-9-7-13(8-10-14)21-15-16(22)27-20(28-17(15)23)11-5-6-12-20/h7-10H,4-6,11-12H2,1-3H3. The highest BCUT2D eigenvalue weighted by Gasteiger charge is 2.48. The molecule has 0 radical (unpaired) electrons. The molecule has 152 valence electrons. The van der Waals surface area contributed by atoms with Crippen LogP contribution >= 0.6 is 20.7 Å². The summed E-state index contributed by atoms with van der Waals surface area (Å²) in [4.78, 5) is 36.6. The Morgan fingerprint density at radius 2 is 1.68 bits per heavy atom. The number of carbonyl (C=O) groups excluding carboxylic acids is 3. The van der Waals surface area contributed by atoms with Crippen molar-refractivity contribution in [2.24, 2.45) is 0 Å². The fraction of sp³-hybridized carbons (Fsp3) is 0.500. The first kappa shape index (κ1) is 20.8. The molecule has 3 rings (SSSR count).